The summed E-state index contributed by atoms with van der Waals surface area (Å²) in [5.41, 5.74) is 3.64. The molecule has 0 aliphatic carbocycles. The highest BCUT2D eigenvalue weighted by atomic mass is 28.3. The van der Waals surface area contributed by atoms with Crippen LogP contribution in [0.4, 0.5) is 5.69 Å². The largest absolute Gasteiger partial charge is 0.398 e. The molecule has 26 heavy (non-hydrogen) atoms. The van der Waals surface area contributed by atoms with E-state index in [4.69, 9.17) is 4.84 Å². The third-order valence-corrected chi connectivity index (χ3v) is 11.1. The molecular formula is C21H34N2O2Si. The molecule has 0 saturated carbocycles. The van der Waals surface area contributed by atoms with Crippen molar-refractivity contribution in [1.82, 2.24) is 0 Å². The molecule has 1 amide bonds. The summed E-state index contributed by atoms with van der Waals surface area (Å²) < 4.78 is 2.03. The van der Waals surface area contributed by atoms with Crippen LogP contribution in [0.2, 0.25) is 18.1 Å². The number of fused-ring (bicyclic) bond motifs is 1. The molecule has 2 rings (SSSR count). The number of aryl methyl sites for hydroxylation is 1. The van der Waals surface area contributed by atoms with Crippen LogP contribution in [-0.2, 0) is 16.1 Å². The maximum atomic E-state index is 13.2. The number of amides is 1. The second-order valence-corrected chi connectivity index (χ2v) is 13.8. The Bertz CT molecular complexity index is 690. The molecule has 0 aromatic heterocycles. The Labute approximate surface area is 159 Å². The Kier molecular flexibility index (Phi) is 6.32. The first-order valence-corrected chi connectivity index (χ1v) is 12.7. The van der Waals surface area contributed by atoms with Gasteiger partial charge in [0.05, 0.1) is 0 Å². The number of unbranched alkanes of at least 4 members (excludes halogenated alkanes) is 3. The van der Waals surface area contributed by atoms with Crippen molar-refractivity contribution < 1.29 is 9.63 Å². The highest BCUT2D eigenvalue weighted by molar-refractivity contribution is 6.90. The molecule has 5 heteroatoms. The van der Waals surface area contributed by atoms with E-state index in [2.05, 4.69) is 64.1 Å². The lowest BCUT2D eigenvalue weighted by molar-refractivity contribution is -0.111. The number of rotatable bonds is 7. The summed E-state index contributed by atoms with van der Waals surface area (Å²) in [7, 11) is -0.560. The van der Waals surface area contributed by atoms with Gasteiger partial charge in [-0.1, -0.05) is 71.3 Å². The standard InChI is InChI=1S/C21H34N2O2Si/c1-8-9-10-11-12-16-13-14-18-17(15-16)19(22-25-5)20(24)23(18)26(6,7)21(2,3)4/h13-15H,8-12H2,1-7H3/b22-19-. The van der Waals surface area contributed by atoms with Crippen LogP contribution < -0.4 is 4.57 Å². The summed E-state index contributed by atoms with van der Waals surface area (Å²) in [6, 6.07) is 6.43. The SMILES string of the molecule is CCCCCCc1ccc2c(c1)/C(=N/OC)C(=O)N2[Si](C)(C)C(C)(C)C. The minimum absolute atomic E-state index is 0.0171. The van der Waals surface area contributed by atoms with Gasteiger partial charge < -0.3 is 9.40 Å². The van der Waals surface area contributed by atoms with E-state index in [1.165, 1.54) is 38.4 Å². The zero-order valence-electron chi connectivity index (χ0n) is 17.5. The average Bonchev–Trinajstić information content (AvgIpc) is 2.83. The fraction of sp³-hybridized carbons (Fsp3) is 0.619. The Morgan fingerprint density at radius 2 is 1.85 bits per heavy atom. The Balaban J connectivity index is 2.42. The van der Waals surface area contributed by atoms with Crippen LogP contribution in [0.25, 0.3) is 0 Å². The van der Waals surface area contributed by atoms with Gasteiger partial charge in [0, 0.05) is 11.3 Å². The van der Waals surface area contributed by atoms with Crippen LogP contribution in [0.3, 0.4) is 0 Å². The van der Waals surface area contributed by atoms with E-state index in [-0.39, 0.29) is 10.9 Å². The molecule has 0 radical (unpaired) electrons. The van der Waals surface area contributed by atoms with Crippen molar-refractivity contribution in [2.24, 2.45) is 5.16 Å². The van der Waals surface area contributed by atoms with Gasteiger partial charge in [0.15, 0.2) is 13.9 Å². The van der Waals surface area contributed by atoms with Gasteiger partial charge in [0.1, 0.15) is 7.11 Å². The fourth-order valence-corrected chi connectivity index (χ4v) is 5.36. The molecule has 1 aliphatic rings. The number of oxime groups is 1. The lowest BCUT2D eigenvalue weighted by Gasteiger charge is -2.43. The molecule has 0 fully saturated rings. The first kappa shape index (κ1) is 20.7. The van der Waals surface area contributed by atoms with Crippen molar-refractivity contribution in [3.63, 3.8) is 0 Å². The lowest BCUT2D eigenvalue weighted by Crippen LogP contribution is -2.57. The van der Waals surface area contributed by atoms with E-state index in [1.54, 1.807) is 0 Å². The minimum atomic E-state index is -2.06. The average molecular weight is 375 g/mol. The van der Waals surface area contributed by atoms with Crippen molar-refractivity contribution in [3.05, 3.63) is 29.3 Å². The summed E-state index contributed by atoms with van der Waals surface area (Å²) in [5.74, 6) is -0.0171. The minimum Gasteiger partial charge on any atom is -0.398 e. The topological polar surface area (TPSA) is 41.9 Å². The predicted octanol–water partition coefficient (Wildman–Crippen LogP) is 5.51. The molecule has 1 aliphatic heterocycles. The predicted molar refractivity (Wildman–Crippen MR) is 113 cm³/mol. The van der Waals surface area contributed by atoms with Gasteiger partial charge in [0.2, 0.25) is 0 Å². The van der Waals surface area contributed by atoms with Crippen LogP contribution >= 0.6 is 0 Å². The first-order valence-electron chi connectivity index (χ1n) is 9.74. The molecule has 0 bridgehead atoms. The normalized spacial score (nSPS) is 16.3. The van der Waals surface area contributed by atoms with Crippen LogP contribution in [0.1, 0.15) is 64.5 Å². The Morgan fingerprint density at radius 1 is 1.15 bits per heavy atom. The number of benzene rings is 1. The highest BCUT2D eigenvalue weighted by Gasteiger charge is 2.49. The molecule has 0 N–H and O–H groups in total. The number of carbonyl (C=O) groups is 1. The molecule has 0 atom stereocenters. The van der Waals surface area contributed by atoms with Gasteiger partial charge in [-0.05, 0) is 35.6 Å². The van der Waals surface area contributed by atoms with Crippen LogP contribution in [0, 0.1) is 0 Å². The maximum absolute atomic E-state index is 13.2. The summed E-state index contributed by atoms with van der Waals surface area (Å²) in [6.45, 7) is 13.4. The Hall–Kier alpha value is -1.62. The van der Waals surface area contributed by atoms with Crippen LogP contribution in [0.5, 0.6) is 0 Å². The zero-order chi connectivity index (χ0) is 19.5. The van der Waals surface area contributed by atoms with E-state index in [9.17, 15) is 4.79 Å². The zero-order valence-corrected chi connectivity index (χ0v) is 18.5. The molecule has 4 nitrogen and oxygen atoms in total. The van der Waals surface area contributed by atoms with Gasteiger partial charge >= 0.3 is 0 Å². The molecule has 1 aromatic carbocycles. The van der Waals surface area contributed by atoms with Gasteiger partial charge in [-0.15, -0.1) is 0 Å². The number of nitrogens with zero attached hydrogens (tertiary/aromatic N) is 2. The van der Waals surface area contributed by atoms with Gasteiger partial charge in [-0.25, -0.2) is 0 Å². The summed E-state index contributed by atoms with van der Waals surface area (Å²) in [6.07, 6.45) is 6.00. The number of hydrogen-bond donors (Lipinski definition) is 0. The van der Waals surface area contributed by atoms with Crippen LogP contribution in [-0.4, -0.2) is 27.0 Å². The maximum Gasteiger partial charge on any atom is 0.273 e. The number of hydrogen-bond acceptors (Lipinski definition) is 3. The van der Waals surface area contributed by atoms with Gasteiger partial charge in [-0.2, -0.15) is 0 Å². The van der Waals surface area contributed by atoms with E-state index in [0.29, 0.717) is 5.71 Å². The van der Waals surface area contributed by atoms with Crippen LogP contribution in [0.15, 0.2) is 23.4 Å². The third-order valence-electron chi connectivity index (χ3n) is 5.86. The summed E-state index contributed by atoms with van der Waals surface area (Å²) in [5, 5.41) is 4.15. The van der Waals surface area contributed by atoms with E-state index in [0.717, 1.165) is 17.7 Å². The third kappa shape index (κ3) is 3.87. The molecule has 0 spiro atoms. The number of carbonyl (C=O) groups excluding carboxylic acids is 1. The lowest BCUT2D eigenvalue weighted by atomic mass is 10.0. The summed E-state index contributed by atoms with van der Waals surface area (Å²) in [4.78, 5) is 18.2. The smallest absolute Gasteiger partial charge is 0.273 e. The van der Waals surface area contributed by atoms with E-state index < -0.39 is 8.24 Å². The summed E-state index contributed by atoms with van der Waals surface area (Å²) >= 11 is 0. The van der Waals surface area contributed by atoms with Crippen molar-refractivity contribution in [2.45, 2.75) is 77.9 Å². The fourth-order valence-electron chi connectivity index (χ4n) is 3.28. The van der Waals surface area contributed by atoms with Crippen molar-refractivity contribution >= 4 is 25.5 Å². The molecule has 1 heterocycles. The number of anilines is 1. The second-order valence-electron chi connectivity index (χ2n) is 8.73. The quantitative estimate of drug-likeness (QED) is 0.359. The second kappa shape index (κ2) is 7.95. The highest BCUT2D eigenvalue weighted by Crippen LogP contribution is 2.44. The molecule has 0 unspecified atom stereocenters. The van der Waals surface area contributed by atoms with Crippen molar-refractivity contribution in [1.29, 1.82) is 0 Å². The van der Waals surface area contributed by atoms with Gasteiger partial charge in [-0.3, -0.25) is 4.79 Å². The molecule has 1 aromatic rings. The van der Waals surface area contributed by atoms with Gasteiger partial charge in [0.25, 0.3) is 5.91 Å². The first-order chi connectivity index (χ1) is 12.1. The van der Waals surface area contributed by atoms with E-state index >= 15 is 0 Å². The van der Waals surface area contributed by atoms with Crippen molar-refractivity contribution in [2.75, 3.05) is 11.7 Å². The molecule has 0 saturated heterocycles. The van der Waals surface area contributed by atoms with E-state index in [1.807, 2.05) is 4.57 Å². The molecular weight excluding hydrogens is 340 g/mol. The van der Waals surface area contributed by atoms with Crippen molar-refractivity contribution in [3.8, 4) is 0 Å². The molecule has 144 valence electrons. The Morgan fingerprint density at radius 3 is 2.42 bits per heavy atom. The monoisotopic (exact) mass is 374 g/mol.